The van der Waals surface area contributed by atoms with Crippen LogP contribution in [0.25, 0.3) is 0 Å². The molecule has 10 heteroatoms. The van der Waals surface area contributed by atoms with Gasteiger partial charge >= 0.3 is 18.3 Å². The Morgan fingerprint density at radius 1 is 0.783 bits per heavy atom. The van der Waals surface area contributed by atoms with Gasteiger partial charge in [0.05, 0.1) is 0 Å². The van der Waals surface area contributed by atoms with Crippen molar-refractivity contribution in [3.05, 3.63) is 9.66 Å². The lowest BCUT2D eigenvalue weighted by atomic mass is 9.94. The first kappa shape index (κ1) is 22.8. The molecule has 0 aliphatic heterocycles. The van der Waals surface area contributed by atoms with Crippen LogP contribution in [0.2, 0.25) is 0 Å². The molecule has 0 aliphatic carbocycles. The summed E-state index contributed by atoms with van der Waals surface area (Å²) in [5.74, 6) is -6.57. The third kappa shape index (κ3) is 5.70. The average Bonchev–Trinajstić information content (AvgIpc) is 2.35. The predicted octanol–water partition coefficient (Wildman–Crippen LogP) is 7.13. The summed E-state index contributed by atoms with van der Waals surface area (Å²) in [4.78, 5) is 0. The van der Waals surface area contributed by atoms with E-state index in [9.17, 15) is 39.5 Å². The van der Waals surface area contributed by atoms with E-state index in [1.54, 1.807) is 0 Å². The first-order chi connectivity index (χ1) is 10.2. The number of halogens is 10. The maximum Gasteiger partial charge on any atom is 0.457 e. The SMILES string of the molecule is CCCCCCCC(I)=CC(F)(C(F)(F)F)C(F)(F)C(F)(F)F. The normalized spacial score (nSPS) is 17.3. The molecule has 0 aliphatic rings. The molecule has 0 aromatic rings. The Kier molecular flexibility index (Phi) is 8.23. The molecule has 0 saturated heterocycles. The molecule has 0 spiro atoms. The van der Waals surface area contributed by atoms with Crippen LogP contribution in [0.1, 0.15) is 45.4 Å². The summed E-state index contributed by atoms with van der Waals surface area (Å²) >= 11 is 1.16. The zero-order valence-corrected chi connectivity index (χ0v) is 14.3. The van der Waals surface area contributed by atoms with Crippen molar-refractivity contribution in [2.24, 2.45) is 0 Å². The van der Waals surface area contributed by atoms with Crippen LogP contribution in [-0.2, 0) is 0 Å². The second kappa shape index (κ2) is 8.28. The summed E-state index contributed by atoms with van der Waals surface area (Å²) in [6.45, 7) is 1.92. The molecule has 0 rings (SSSR count). The summed E-state index contributed by atoms with van der Waals surface area (Å²) in [5.41, 5.74) is -5.79. The summed E-state index contributed by atoms with van der Waals surface area (Å²) in [6.07, 6.45) is -10.6. The van der Waals surface area contributed by atoms with Crippen LogP contribution in [0.5, 0.6) is 0 Å². The molecule has 0 heterocycles. The maximum atomic E-state index is 13.8. The Hall–Kier alpha value is -0.160. The summed E-state index contributed by atoms with van der Waals surface area (Å²) in [6, 6.07) is 0. The van der Waals surface area contributed by atoms with E-state index in [0.717, 1.165) is 41.9 Å². The number of hydrogen-bond donors (Lipinski definition) is 0. The minimum Gasteiger partial charge on any atom is -0.222 e. The molecular weight excluding hydrogens is 454 g/mol. The van der Waals surface area contributed by atoms with Crippen LogP contribution < -0.4 is 0 Å². The molecule has 1 atom stereocenters. The minimum atomic E-state index is -6.66. The topological polar surface area (TPSA) is 0 Å². The average molecular weight is 470 g/mol. The van der Waals surface area contributed by atoms with Gasteiger partial charge in [0.25, 0.3) is 5.67 Å². The quantitative estimate of drug-likeness (QED) is 0.201. The Labute approximate surface area is 141 Å². The van der Waals surface area contributed by atoms with E-state index >= 15 is 0 Å². The molecule has 0 aromatic heterocycles. The fourth-order valence-electron chi connectivity index (χ4n) is 1.74. The van der Waals surface area contributed by atoms with Gasteiger partial charge in [-0.15, -0.1) is 0 Å². The molecule has 1 unspecified atom stereocenters. The number of allylic oxidation sites excluding steroid dienone is 2. The highest BCUT2D eigenvalue weighted by Gasteiger charge is 2.80. The third-order valence-corrected chi connectivity index (χ3v) is 3.95. The highest BCUT2D eigenvalue weighted by atomic mass is 127. The standard InChI is InChI=1S/C13H16F9I/c1-2-3-4-5-6-7-9(23)8-10(14,12(17,18)19)11(15,16)13(20,21)22/h8H,2-7H2,1H3. The van der Waals surface area contributed by atoms with Gasteiger partial charge in [0.2, 0.25) is 0 Å². The van der Waals surface area contributed by atoms with Crippen LogP contribution in [-0.4, -0.2) is 23.9 Å². The zero-order chi connectivity index (χ0) is 18.5. The first-order valence-electron chi connectivity index (χ1n) is 6.78. The molecule has 23 heavy (non-hydrogen) atoms. The first-order valence-corrected chi connectivity index (χ1v) is 7.86. The van der Waals surface area contributed by atoms with Crippen LogP contribution in [0, 0.1) is 0 Å². The fourth-order valence-corrected chi connectivity index (χ4v) is 2.55. The highest BCUT2D eigenvalue weighted by Crippen LogP contribution is 2.54. The van der Waals surface area contributed by atoms with Gasteiger partial charge in [0.1, 0.15) is 0 Å². The van der Waals surface area contributed by atoms with Crippen molar-refractivity contribution in [3.8, 4) is 0 Å². The largest absolute Gasteiger partial charge is 0.457 e. The summed E-state index contributed by atoms with van der Waals surface area (Å²) in [5, 5.41) is 0. The molecule has 138 valence electrons. The zero-order valence-electron chi connectivity index (χ0n) is 12.1. The lowest BCUT2D eigenvalue weighted by molar-refractivity contribution is -0.369. The number of unbranched alkanes of at least 4 members (excludes halogenated alkanes) is 4. The second-order valence-corrected chi connectivity index (χ2v) is 6.42. The smallest absolute Gasteiger partial charge is 0.222 e. The summed E-state index contributed by atoms with van der Waals surface area (Å²) in [7, 11) is 0. The molecule has 0 saturated carbocycles. The van der Waals surface area contributed by atoms with Crippen LogP contribution in [0.15, 0.2) is 9.66 Å². The van der Waals surface area contributed by atoms with E-state index in [0.29, 0.717) is 6.42 Å². The molecule has 0 bridgehead atoms. The number of hydrogen-bond acceptors (Lipinski definition) is 0. The Balaban J connectivity index is 5.32. The van der Waals surface area contributed by atoms with Gasteiger partial charge in [-0.3, -0.25) is 0 Å². The van der Waals surface area contributed by atoms with Crippen molar-refractivity contribution in [3.63, 3.8) is 0 Å². The van der Waals surface area contributed by atoms with E-state index in [1.165, 1.54) is 0 Å². The molecule has 0 N–H and O–H groups in total. The molecular formula is C13H16F9I. The second-order valence-electron chi connectivity index (χ2n) is 5.04. The Bertz CT molecular complexity index is 397. The monoisotopic (exact) mass is 470 g/mol. The van der Waals surface area contributed by atoms with E-state index < -0.39 is 33.6 Å². The Morgan fingerprint density at radius 2 is 1.26 bits per heavy atom. The van der Waals surface area contributed by atoms with E-state index in [4.69, 9.17) is 0 Å². The fraction of sp³-hybridized carbons (Fsp3) is 0.846. The third-order valence-electron chi connectivity index (χ3n) is 3.10. The van der Waals surface area contributed by atoms with Crippen LogP contribution in [0.3, 0.4) is 0 Å². The van der Waals surface area contributed by atoms with Crippen molar-refractivity contribution in [2.45, 2.75) is 69.4 Å². The van der Waals surface area contributed by atoms with Crippen molar-refractivity contribution in [1.29, 1.82) is 0 Å². The molecule has 0 amide bonds. The van der Waals surface area contributed by atoms with E-state index in [-0.39, 0.29) is 12.8 Å². The van der Waals surface area contributed by atoms with E-state index in [2.05, 4.69) is 0 Å². The summed E-state index contributed by atoms with van der Waals surface area (Å²) < 4.78 is 114. The lowest BCUT2D eigenvalue weighted by Crippen LogP contribution is -2.61. The van der Waals surface area contributed by atoms with Crippen molar-refractivity contribution >= 4 is 22.6 Å². The number of alkyl halides is 9. The van der Waals surface area contributed by atoms with Gasteiger partial charge in [-0.25, -0.2) is 4.39 Å². The van der Waals surface area contributed by atoms with Gasteiger partial charge in [-0.05, 0) is 45.1 Å². The molecule has 0 nitrogen and oxygen atoms in total. The Morgan fingerprint density at radius 3 is 1.65 bits per heavy atom. The van der Waals surface area contributed by atoms with Gasteiger partial charge in [-0.1, -0.05) is 32.6 Å². The van der Waals surface area contributed by atoms with Gasteiger partial charge in [0.15, 0.2) is 0 Å². The minimum absolute atomic E-state index is 0.194. The maximum absolute atomic E-state index is 13.8. The lowest BCUT2D eigenvalue weighted by Gasteiger charge is -2.34. The van der Waals surface area contributed by atoms with Crippen molar-refractivity contribution in [1.82, 2.24) is 0 Å². The molecule has 0 fully saturated rings. The number of rotatable bonds is 8. The van der Waals surface area contributed by atoms with E-state index in [1.807, 2.05) is 6.92 Å². The predicted molar refractivity (Wildman–Crippen MR) is 76.4 cm³/mol. The van der Waals surface area contributed by atoms with Crippen molar-refractivity contribution in [2.75, 3.05) is 0 Å². The van der Waals surface area contributed by atoms with Gasteiger partial charge in [0, 0.05) is 0 Å². The van der Waals surface area contributed by atoms with Gasteiger partial charge < -0.3 is 0 Å². The molecule has 0 aromatic carbocycles. The molecule has 0 radical (unpaired) electrons. The van der Waals surface area contributed by atoms with Gasteiger partial charge in [-0.2, -0.15) is 35.1 Å². The van der Waals surface area contributed by atoms with Crippen LogP contribution >= 0.6 is 22.6 Å². The van der Waals surface area contributed by atoms with Crippen LogP contribution in [0.4, 0.5) is 39.5 Å². The van der Waals surface area contributed by atoms with Crippen molar-refractivity contribution < 1.29 is 39.5 Å². The highest BCUT2D eigenvalue weighted by molar-refractivity contribution is 14.1.